The molecule has 0 saturated carbocycles. The summed E-state index contributed by atoms with van der Waals surface area (Å²) in [7, 11) is 0. The van der Waals surface area contributed by atoms with Crippen molar-refractivity contribution in [2.45, 2.75) is 127 Å². The molecular formula is C46H58IrN3O2S-. The van der Waals surface area contributed by atoms with Crippen LogP contribution in [0.3, 0.4) is 0 Å². The van der Waals surface area contributed by atoms with Crippen molar-refractivity contribution in [3.05, 3.63) is 89.2 Å². The van der Waals surface area contributed by atoms with Crippen LogP contribution in [0.2, 0.25) is 0 Å². The van der Waals surface area contributed by atoms with Crippen LogP contribution in [0.15, 0.2) is 60.6 Å². The number of allylic oxidation sites excluding steroid dienone is 2. The monoisotopic (exact) mass is 909 g/mol. The van der Waals surface area contributed by atoms with Crippen molar-refractivity contribution in [2.75, 3.05) is 0 Å². The minimum absolute atomic E-state index is 0. The molecule has 6 rings (SSSR count). The van der Waals surface area contributed by atoms with E-state index in [1.165, 1.54) is 44.4 Å². The predicted molar refractivity (Wildman–Crippen MR) is 220 cm³/mol. The number of benzene rings is 2. The Hall–Kier alpha value is -3.25. The number of aliphatic hydroxyl groups excluding tert-OH is 1. The van der Waals surface area contributed by atoms with E-state index in [1.54, 1.807) is 6.33 Å². The molecule has 285 valence electrons. The first-order chi connectivity index (χ1) is 24.6. The van der Waals surface area contributed by atoms with Crippen LogP contribution < -0.4 is 0 Å². The summed E-state index contributed by atoms with van der Waals surface area (Å²) in [5.41, 5.74) is 8.89. The Balaban J connectivity index is 0.000000299. The van der Waals surface area contributed by atoms with Crippen molar-refractivity contribution in [3.8, 4) is 21.7 Å². The zero-order chi connectivity index (χ0) is 38.0. The molecule has 7 heteroatoms. The van der Waals surface area contributed by atoms with E-state index in [4.69, 9.17) is 15.0 Å². The van der Waals surface area contributed by atoms with E-state index in [0.717, 1.165) is 71.8 Å². The zero-order valence-electron chi connectivity index (χ0n) is 33.7. The molecule has 5 aromatic rings. The molecular weight excluding hydrogens is 851 g/mol. The average molecular weight is 909 g/mol. The normalized spacial score (nSPS) is 13.3. The third-order valence-corrected chi connectivity index (χ3v) is 12.8. The Kier molecular flexibility index (Phi) is 13.7. The van der Waals surface area contributed by atoms with Gasteiger partial charge in [0.15, 0.2) is 5.78 Å². The summed E-state index contributed by atoms with van der Waals surface area (Å²) in [5, 5.41) is 12.5. The number of rotatable bonds is 10. The van der Waals surface area contributed by atoms with Gasteiger partial charge in [-0.3, -0.25) is 14.8 Å². The van der Waals surface area contributed by atoms with Gasteiger partial charge in [0.25, 0.3) is 0 Å². The molecule has 0 saturated heterocycles. The zero-order valence-corrected chi connectivity index (χ0v) is 36.9. The van der Waals surface area contributed by atoms with E-state index in [1.807, 2.05) is 52.9 Å². The molecule has 0 amide bonds. The molecule has 0 unspecified atom stereocenters. The second-order valence-electron chi connectivity index (χ2n) is 16.5. The fraction of sp³-hybridized carbons (Fsp3) is 0.478. The fourth-order valence-corrected chi connectivity index (χ4v) is 8.33. The Morgan fingerprint density at radius 2 is 1.58 bits per heavy atom. The molecule has 1 aliphatic carbocycles. The van der Waals surface area contributed by atoms with Crippen molar-refractivity contribution < 1.29 is 30.0 Å². The number of hydrogen-bond donors (Lipinski definition) is 1. The number of thiophene rings is 1. The Morgan fingerprint density at radius 3 is 2.21 bits per heavy atom. The van der Waals surface area contributed by atoms with Crippen molar-refractivity contribution in [1.29, 1.82) is 0 Å². The molecule has 0 aliphatic heterocycles. The van der Waals surface area contributed by atoms with E-state index in [0.29, 0.717) is 5.92 Å². The SMILES string of the molecule is CC(C)Cc1ccc2c(n1)CCc1c-2sc2c(-c3[c-]c4ccccc4c(C(C)(C)C)c3)ncnc12.CCC(C)(CC)C(=O)/C=C(\O)C(C)(CC)CC.[Ir]. The molecule has 1 radical (unpaired) electrons. The van der Waals surface area contributed by atoms with Gasteiger partial charge < -0.3 is 5.11 Å². The van der Waals surface area contributed by atoms with Crippen molar-refractivity contribution in [3.63, 3.8) is 0 Å². The summed E-state index contributed by atoms with van der Waals surface area (Å²) < 4.78 is 1.16. The topological polar surface area (TPSA) is 76.0 Å². The van der Waals surface area contributed by atoms with E-state index in [-0.39, 0.29) is 47.9 Å². The van der Waals surface area contributed by atoms with E-state index < -0.39 is 0 Å². The van der Waals surface area contributed by atoms with E-state index in [2.05, 4.69) is 83.1 Å². The predicted octanol–water partition coefficient (Wildman–Crippen LogP) is 12.6. The molecule has 53 heavy (non-hydrogen) atoms. The van der Waals surface area contributed by atoms with Crippen LogP contribution in [-0.2, 0) is 49.6 Å². The number of carbonyl (C=O) groups is 1. The second kappa shape index (κ2) is 17.0. The van der Waals surface area contributed by atoms with E-state index in [9.17, 15) is 9.90 Å². The molecule has 1 aliphatic rings. The third kappa shape index (κ3) is 8.85. The van der Waals surface area contributed by atoms with Gasteiger partial charge in [-0.05, 0) is 74.0 Å². The quantitative estimate of drug-likeness (QED) is 0.0858. The molecule has 1 N–H and O–H groups in total. The Bertz CT molecular complexity index is 2100. The summed E-state index contributed by atoms with van der Waals surface area (Å²) in [4.78, 5) is 28.1. The number of carbonyl (C=O) groups excluding carboxylic acids is 1. The third-order valence-electron chi connectivity index (χ3n) is 11.5. The second-order valence-corrected chi connectivity index (χ2v) is 17.5. The number of fused-ring (bicyclic) bond motifs is 6. The molecule has 0 spiro atoms. The minimum atomic E-state index is -0.337. The van der Waals surface area contributed by atoms with Crippen molar-refractivity contribution >= 4 is 38.1 Å². The summed E-state index contributed by atoms with van der Waals surface area (Å²) in [6.45, 7) is 23.4. The smallest absolute Gasteiger partial charge is 0.164 e. The molecule has 0 bridgehead atoms. The van der Waals surface area contributed by atoms with Crippen molar-refractivity contribution in [1.82, 2.24) is 15.0 Å². The number of ketones is 1. The van der Waals surface area contributed by atoms with Crippen LogP contribution in [0.5, 0.6) is 0 Å². The van der Waals surface area contributed by atoms with Crippen LogP contribution in [-0.4, -0.2) is 25.8 Å². The minimum Gasteiger partial charge on any atom is -0.512 e. The van der Waals surface area contributed by atoms with Crippen LogP contribution in [0.25, 0.3) is 42.7 Å². The number of nitrogens with zero attached hydrogens (tertiary/aromatic N) is 3. The van der Waals surface area contributed by atoms with Crippen LogP contribution >= 0.6 is 11.3 Å². The van der Waals surface area contributed by atoms with Gasteiger partial charge in [0.05, 0.1) is 5.52 Å². The Morgan fingerprint density at radius 1 is 0.925 bits per heavy atom. The van der Waals surface area contributed by atoms with Gasteiger partial charge in [-0.25, -0.2) is 4.98 Å². The van der Waals surface area contributed by atoms with Gasteiger partial charge in [0, 0.05) is 69.2 Å². The first-order valence-corrected chi connectivity index (χ1v) is 20.1. The van der Waals surface area contributed by atoms with Gasteiger partial charge >= 0.3 is 0 Å². The largest absolute Gasteiger partial charge is 0.512 e. The molecule has 3 heterocycles. The maximum Gasteiger partial charge on any atom is 0.164 e. The standard InChI is InChI=1S/C31H30N3S.C15H28O2.Ir/c1-18(2)14-21-10-11-23-26(34-21)13-12-24-28-30(35-29(23)24)27(32-17-33-28)20-15-19-8-6-7-9-22(19)25(16-20)31(3,4)5;1-7-14(5,8-2)12(16)11-13(17)15(6,9-3)10-4;/h6-11,16-18H,12-14H2,1-5H3;11,16H,7-10H2,1-6H3;/q-1;;/b;12-11-;. The van der Waals surface area contributed by atoms with Gasteiger partial charge in [0.1, 0.15) is 12.1 Å². The molecule has 0 atom stereocenters. The fourth-order valence-electron chi connectivity index (χ4n) is 6.98. The van der Waals surface area contributed by atoms with Crippen LogP contribution in [0.4, 0.5) is 0 Å². The van der Waals surface area contributed by atoms with Crippen molar-refractivity contribution in [2.24, 2.45) is 16.7 Å². The summed E-state index contributed by atoms with van der Waals surface area (Å²) in [6, 6.07) is 19.0. The molecule has 3 aromatic heterocycles. The summed E-state index contributed by atoms with van der Waals surface area (Å²) in [6.07, 6.45) is 9.45. The van der Waals surface area contributed by atoms with Gasteiger partial charge in [-0.2, -0.15) is 0 Å². The number of aryl methyl sites for hydroxylation is 2. The van der Waals surface area contributed by atoms with Gasteiger partial charge in [-0.1, -0.05) is 105 Å². The molecule has 0 fully saturated rings. The Labute approximate surface area is 335 Å². The van der Waals surface area contributed by atoms with E-state index >= 15 is 0 Å². The molecule has 5 nitrogen and oxygen atoms in total. The number of hydrogen-bond acceptors (Lipinski definition) is 6. The number of aromatic nitrogens is 3. The summed E-state index contributed by atoms with van der Waals surface area (Å²) in [5.74, 6) is 0.895. The van der Waals surface area contributed by atoms with Gasteiger partial charge in [0.2, 0.25) is 0 Å². The van der Waals surface area contributed by atoms with Gasteiger partial charge in [-0.15, -0.1) is 40.5 Å². The first-order valence-electron chi connectivity index (χ1n) is 19.3. The maximum absolute atomic E-state index is 12.2. The molecule has 2 aromatic carbocycles. The number of aliphatic hydroxyl groups is 1. The maximum atomic E-state index is 12.2. The summed E-state index contributed by atoms with van der Waals surface area (Å²) >= 11 is 1.82. The van der Waals surface area contributed by atoms with Crippen LogP contribution in [0, 0.1) is 22.8 Å². The average Bonchev–Trinajstić information content (AvgIpc) is 3.52. The number of pyridine rings is 1. The van der Waals surface area contributed by atoms with Crippen LogP contribution in [0.1, 0.15) is 124 Å². The first kappa shape index (κ1) is 42.5.